The van der Waals surface area contributed by atoms with E-state index in [1.807, 2.05) is 24.3 Å². The maximum atomic E-state index is 10.3. The quantitative estimate of drug-likeness (QED) is 0.705. The zero-order chi connectivity index (χ0) is 14.1. The minimum Gasteiger partial charge on any atom is -0.481 e. The minimum absolute atomic E-state index is 0.243. The molecule has 0 bridgehead atoms. The van der Waals surface area contributed by atoms with Crippen molar-refractivity contribution in [2.75, 3.05) is 6.54 Å². The molecule has 1 aromatic carbocycles. The first-order valence-electron chi connectivity index (χ1n) is 6.58. The maximum Gasteiger partial charge on any atom is 0.303 e. The third-order valence-corrected chi connectivity index (χ3v) is 3.06. The zero-order valence-electron chi connectivity index (χ0n) is 11.2. The number of aliphatic carboxylic acids is 1. The van der Waals surface area contributed by atoms with Crippen molar-refractivity contribution in [1.82, 2.24) is 5.32 Å². The van der Waals surface area contributed by atoms with Crippen LogP contribution in [0.25, 0.3) is 0 Å². The van der Waals surface area contributed by atoms with Crippen LogP contribution in [-0.2, 0) is 4.79 Å². The van der Waals surface area contributed by atoms with Gasteiger partial charge in [0.25, 0.3) is 0 Å². The third kappa shape index (κ3) is 6.03. The van der Waals surface area contributed by atoms with Gasteiger partial charge in [0.05, 0.1) is 11.6 Å². The Morgan fingerprint density at radius 2 is 2.00 bits per heavy atom. The van der Waals surface area contributed by atoms with Crippen LogP contribution in [0.5, 0.6) is 0 Å². The smallest absolute Gasteiger partial charge is 0.303 e. The number of carboxylic acid groups (broad SMARTS) is 1. The highest BCUT2D eigenvalue weighted by atomic mass is 16.4. The van der Waals surface area contributed by atoms with Gasteiger partial charge in [0, 0.05) is 12.5 Å². The molecule has 0 aliphatic carbocycles. The van der Waals surface area contributed by atoms with Crippen molar-refractivity contribution in [3.8, 4) is 6.07 Å². The van der Waals surface area contributed by atoms with E-state index in [1.165, 1.54) is 0 Å². The first kappa shape index (κ1) is 15.2. The van der Waals surface area contributed by atoms with Gasteiger partial charge in [-0.3, -0.25) is 4.79 Å². The van der Waals surface area contributed by atoms with Gasteiger partial charge in [0.2, 0.25) is 0 Å². The Bertz CT molecular complexity index is 434. The van der Waals surface area contributed by atoms with E-state index < -0.39 is 5.97 Å². The Labute approximate surface area is 114 Å². The van der Waals surface area contributed by atoms with Crippen LogP contribution in [0.1, 0.15) is 49.8 Å². The fraction of sp³-hybridized carbons (Fsp3) is 0.467. The van der Waals surface area contributed by atoms with Gasteiger partial charge in [-0.1, -0.05) is 18.6 Å². The van der Waals surface area contributed by atoms with E-state index in [1.54, 1.807) is 0 Å². The first-order valence-corrected chi connectivity index (χ1v) is 6.58. The summed E-state index contributed by atoms with van der Waals surface area (Å²) >= 11 is 0. The van der Waals surface area contributed by atoms with Gasteiger partial charge in [0.1, 0.15) is 0 Å². The fourth-order valence-electron chi connectivity index (χ4n) is 1.86. The van der Waals surface area contributed by atoms with Gasteiger partial charge < -0.3 is 10.4 Å². The monoisotopic (exact) mass is 260 g/mol. The highest BCUT2D eigenvalue weighted by molar-refractivity contribution is 5.66. The predicted octanol–water partition coefficient (Wildman–Crippen LogP) is 2.85. The Morgan fingerprint density at radius 3 is 2.58 bits per heavy atom. The van der Waals surface area contributed by atoms with Crippen molar-refractivity contribution in [1.29, 1.82) is 5.26 Å². The fourth-order valence-corrected chi connectivity index (χ4v) is 1.86. The van der Waals surface area contributed by atoms with Crippen molar-refractivity contribution in [2.45, 2.75) is 38.6 Å². The molecule has 102 valence electrons. The van der Waals surface area contributed by atoms with Crippen LogP contribution < -0.4 is 5.32 Å². The summed E-state index contributed by atoms with van der Waals surface area (Å²) in [7, 11) is 0. The van der Waals surface area contributed by atoms with Crippen LogP contribution in [0.4, 0.5) is 0 Å². The van der Waals surface area contributed by atoms with E-state index in [0.29, 0.717) is 5.56 Å². The van der Waals surface area contributed by atoms with Gasteiger partial charge in [-0.15, -0.1) is 0 Å². The number of hydrogen-bond acceptors (Lipinski definition) is 3. The lowest BCUT2D eigenvalue weighted by molar-refractivity contribution is -0.137. The molecule has 0 heterocycles. The Morgan fingerprint density at radius 1 is 1.32 bits per heavy atom. The molecule has 0 aromatic heterocycles. The molecule has 0 saturated heterocycles. The number of nitriles is 1. The molecule has 4 nitrogen and oxygen atoms in total. The molecule has 4 heteroatoms. The maximum absolute atomic E-state index is 10.3. The molecule has 2 N–H and O–H groups in total. The molecule has 1 atom stereocenters. The van der Waals surface area contributed by atoms with Crippen LogP contribution in [0, 0.1) is 11.3 Å². The lowest BCUT2D eigenvalue weighted by atomic mass is 10.1. The normalized spacial score (nSPS) is 11.8. The predicted molar refractivity (Wildman–Crippen MR) is 73.7 cm³/mol. The van der Waals surface area contributed by atoms with Crippen LogP contribution in [0.15, 0.2) is 24.3 Å². The molecular weight excluding hydrogens is 240 g/mol. The van der Waals surface area contributed by atoms with Crippen molar-refractivity contribution >= 4 is 5.97 Å². The summed E-state index contributed by atoms with van der Waals surface area (Å²) in [6, 6.07) is 9.90. The van der Waals surface area contributed by atoms with Crippen LogP contribution in [0.3, 0.4) is 0 Å². The third-order valence-electron chi connectivity index (χ3n) is 3.06. The molecular formula is C15H20N2O2. The molecule has 0 fully saturated rings. The van der Waals surface area contributed by atoms with Gasteiger partial charge in [-0.25, -0.2) is 0 Å². The van der Waals surface area contributed by atoms with E-state index in [0.717, 1.165) is 31.4 Å². The number of benzene rings is 1. The summed E-state index contributed by atoms with van der Waals surface area (Å²) in [5.41, 5.74) is 1.83. The summed E-state index contributed by atoms with van der Waals surface area (Å²) < 4.78 is 0. The molecule has 1 unspecified atom stereocenters. The van der Waals surface area contributed by atoms with Crippen molar-refractivity contribution in [3.05, 3.63) is 35.4 Å². The number of hydrogen-bond donors (Lipinski definition) is 2. The summed E-state index contributed by atoms with van der Waals surface area (Å²) in [6.07, 6.45) is 2.90. The van der Waals surface area contributed by atoms with Crippen molar-refractivity contribution < 1.29 is 9.90 Å². The van der Waals surface area contributed by atoms with E-state index in [2.05, 4.69) is 18.3 Å². The molecule has 1 rings (SSSR count). The van der Waals surface area contributed by atoms with E-state index >= 15 is 0 Å². The second-order valence-corrected chi connectivity index (χ2v) is 4.61. The van der Waals surface area contributed by atoms with Gasteiger partial charge in [0.15, 0.2) is 0 Å². The molecule has 0 radical (unpaired) electrons. The first-order chi connectivity index (χ1) is 9.13. The molecule has 0 saturated carbocycles. The van der Waals surface area contributed by atoms with Gasteiger partial charge in [-0.05, 0) is 44.0 Å². The summed E-state index contributed by atoms with van der Waals surface area (Å²) in [5.74, 6) is -0.723. The molecule has 0 aliphatic rings. The number of unbranched alkanes of at least 4 members (excludes halogenated alkanes) is 2. The average molecular weight is 260 g/mol. The lowest BCUT2D eigenvalue weighted by Crippen LogP contribution is -2.19. The standard InChI is InChI=1S/C15H20N2O2/c1-12(14-8-6-13(11-16)7-9-14)17-10-4-2-3-5-15(18)19/h6-9,12,17H,2-5,10H2,1H3,(H,18,19). The highest BCUT2D eigenvalue weighted by Gasteiger charge is 2.04. The molecule has 0 amide bonds. The summed E-state index contributed by atoms with van der Waals surface area (Å²) in [4.78, 5) is 10.3. The van der Waals surface area contributed by atoms with E-state index in [4.69, 9.17) is 10.4 Å². The lowest BCUT2D eigenvalue weighted by Gasteiger charge is -2.14. The Kier molecular flexibility index (Phi) is 6.62. The topological polar surface area (TPSA) is 73.1 Å². The van der Waals surface area contributed by atoms with Crippen LogP contribution >= 0.6 is 0 Å². The number of carboxylic acids is 1. The number of nitrogens with one attached hydrogen (secondary N) is 1. The van der Waals surface area contributed by atoms with Gasteiger partial charge in [-0.2, -0.15) is 5.26 Å². The SMILES string of the molecule is CC(NCCCCCC(=O)O)c1ccc(C#N)cc1. The molecule has 1 aromatic rings. The van der Waals surface area contributed by atoms with Crippen LogP contribution in [-0.4, -0.2) is 17.6 Å². The van der Waals surface area contributed by atoms with Crippen LogP contribution in [0.2, 0.25) is 0 Å². The highest BCUT2D eigenvalue weighted by Crippen LogP contribution is 2.13. The number of carbonyl (C=O) groups is 1. The van der Waals surface area contributed by atoms with Gasteiger partial charge >= 0.3 is 5.97 Å². The summed E-state index contributed by atoms with van der Waals surface area (Å²) in [6.45, 7) is 2.96. The van der Waals surface area contributed by atoms with Crippen molar-refractivity contribution in [3.63, 3.8) is 0 Å². The largest absolute Gasteiger partial charge is 0.481 e. The summed E-state index contributed by atoms with van der Waals surface area (Å²) in [5, 5.41) is 20.6. The van der Waals surface area contributed by atoms with Crippen molar-refractivity contribution in [2.24, 2.45) is 0 Å². The van der Waals surface area contributed by atoms with E-state index in [9.17, 15) is 4.79 Å². The second kappa shape index (κ2) is 8.28. The molecule has 0 spiro atoms. The second-order valence-electron chi connectivity index (χ2n) is 4.61. The minimum atomic E-state index is -0.723. The molecule has 0 aliphatic heterocycles. The number of rotatable bonds is 8. The average Bonchev–Trinajstić information content (AvgIpc) is 2.42. The Balaban J connectivity index is 2.21. The molecule has 19 heavy (non-hydrogen) atoms. The Hall–Kier alpha value is -1.86. The number of nitrogens with zero attached hydrogens (tertiary/aromatic N) is 1. The zero-order valence-corrected chi connectivity index (χ0v) is 11.2. The van der Waals surface area contributed by atoms with E-state index in [-0.39, 0.29) is 12.5 Å².